The first-order valence-corrected chi connectivity index (χ1v) is 6.07. The zero-order valence-electron chi connectivity index (χ0n) is 10.3. The summed E-state index contributed by atoms with van der Waals surface area (Å²) in [5.74, 6) is 0.429. The van der Waals surface area contributed by atoms with Gasteiger partial charge in [-0.3, -0.25) is 4.99 Å². The molecule has 0 atom stereocenters. The normalized spacial score (nSPS) is 14.2. The van der Waals surface area contributed by atoms with Crippen LogP contribution in [0.2, 0.25) is 0 Å². The minimum atomic E-state index is 0.142. The molecule has 0 aromatic carbocycles. The summed E-state index contributed by atoms with van der Waals surface area (Å²) < 4.78 is 0. The second-order valence-electron chi connectivity index (χ2n) is 4.54. The fraction of sp³-hybridized carbons (Fsp3) is 0.636. The molecule has 0 aromatic heterocycles. The molecule has 0 aliphatic rings. The van der Waals surface area contributed by atoms with Crippen LogP contribution in [-0.4, -0.2) is 23.7 Å². The minimum Gasteiger partial charge on any atom is -0.382 e. The van der Waals surface area contributed by atoms with Crippen molar-refractivity contribution >= 4 is 22.6 Å². The van der Waals surface area contributed by atoms with Crippen molar-refractivity contribution in [3.05, 3.63) is 12.3 Å². The van der Waals surface area contributed by atoms with Gasteiger partial charge in [0, 0.05) is 6.54 Å². The molecule has 15 heavy (non-hydrogen) atoms. The SMILES string of the molecule is C=C(N=C(C)SC)C(N)=NCC(C)(C)C. The van der Waals surface area contributed by atoms with E-state index in [4.69, 9.17) is 5.73 Å². The largest absolute Gasteiger partial charge is 0.382 e. The van der Waals surface area contributed by atoms with Gasteiger partial charge in [0.2, 0.25) is 0 Å². The number of amidine groups is 1. The number of aliphatic imine (C=N–C) groups is 2. The molecule has 0 rings (SSSR count). The summed E-state index contributed by atoms with van der Waals surface area (Å²) in [6.45, 7) is 12.7. The lowest BCUT2D eigenvalue weighted by Crippen LogP contribution is -2.18. The molecule has 0 amide bonds. The number of hydrogen-bond donors (Lipinski definition) is 1. The molecule has 2 N–H and O–H groups in total. The average Bonchev–Trinajstić information content (AvgIpc) is 2.12. The lowest BCUT2D eigenvalue weighted by atomic mass is 9.97. The number of nitrogens with zero attached hydrogens (tertiary/aromatic N) is 2. The first-order chi connectivity index (χ1) is 6.76. The Kier molecular flexibility index (Phi) is 5.65. The molecule has 0 spiro atoms. The number of nitrogens with two attached hydrogens (primary N) is 1. The van der Waals surface area contributed by atoms with Gasteiger partial charge >= 0.3 is 0 Å². The molecule has 0 unspecified atom stereocenters. The van der Waals surface area contributed by atoms with Gasteiger partial charge in [0.05, 0.1) is 10.7 Å². The Morgan fingerprint density at radius 3 is 2.33 bits per heavy atom. The van der Waals surface area contributed by atoms with Crippen molar-refractivity contribution in [1.29, 1.82) is 0 Å². The van der Waals surface area contributed by atoms with Crippen molar-refractivity contribution in [3.63, 3.8) is 0 Å². The molecule has 0 aliphatic heterocycles. The zero-order chi connectivity index (χ0) is 12.1. The Balaban J connectivity index is 4.46. The summed E-state index contributed by atoms with van der Waals surface area (Å²) in [5.41, 5.74) is 6.45. The fourth-order valence-electron chi connectivity index (χ4n) is 0.707. The van der Waals surface area contributed by atoms with Crippen LogP contribution in [0.15, 0.2) is 22.3 Å². The van der Waals surface area contributed by atoms with Gasteiger partial charge in [-0.05, 0) is 18.6 Å². The monoisotopic (exact) mass is 227 g/mol. The molecule has 86 valence electrons. The molecular weight excluding hydrogens is 206 g/mol. The van der Waals surface area contributed by atoms with Crippen molar-refractivity contribution in [2.75, 3.05) is 12.8 Å². The second kappa shape index (κ2) is 5.95. The van der Waals surface area contributed by atoms with Crippen molar-refractivity contribution in [2.24, 2.45) is 21.1 Å². The van der Waals surface area contributed by atoms with E-state index in [1.54, 1.807) is 11.8 Å². The van der Waals surface area contributed by atoms with E-state index < -0.39 is 0 Å². The van der Waals surface area contributed by atoms with Crippen LogP contribution in [-0.2, 0) is 0 Å². The maximum atomic E-state index is 5.76. The molecule has 3 nitrogen and oxygen atoms in total. The van der Waals surface area contributed by atoms with Crippen LogP contribution in [0.1, 0.15) is 27.7 Å². The molecule has 0 aromatic rings. The minimum absolute atomic E-state index is 0.142. The highest BCUT2D eigenvalue weighted by molar-refractivity contribution is 8.13. The number of thioether (sulfide) groups is 1. The van der Waals surface area contributed by atoms with Crippen LogP contribution in [0.25, 0.3) is 0 Å². The second-order valence-corrected chi connectivity index (χ2v) is 5.54. The molecule has 0 aliphatic carbocycles. The van der Waals surface area contributed by atoms with Crippen molar-refractivity contribution < 1.29 is 0 Å². The van der Waals surface area contributed by atoms with Crippen LogP contribution in [0, 0.1) is 5.41 Å². The lowest BCUT2D eigenvalue weighted by molar-refractivity contribution is 0.429. The predicted octanol–water partition coefficient (Wildman–Crippen LogP) is 2.68. The summed E-state index contributed by atoms with van der Waals surface area (Å²) in [7, 11) is 0. The fourth-order valence-corrected chi connectivity index (χ4v) is 0.908. The Labute approximate surface area is 97.0 Å². The summed E-state index contributed by atoms with van der Waals surface area (Å²) in [6.07, 6.45) is 1.97. The van der Waals surface area contributed by atoms with Gasteiger partial charge in [0.1, 0.15) is 5.84 Å². The molecule has 0 saturated heterocycles. The average molecular weight is 227 g/mol. The third-order valence-corrected chi connectivity index (χ3v) is 2.29. The Bertz CT molecular complexity index is 285. The molecule has 0 fully saturated rings. The van der Waals surface area contributed by atoms with E-state index in [1.807, 2.05) is 13.2 Å². The highest BCUT2D eigenvalue weighted by Gasteiger charge is 2.09. The van der Waals surface area contributed by atoms with Crippen molar-refractivity contribution in [2.45, 2.75) is 27.7 Å². The van der Waals surface area contributed by atoms with Gasteiger partial charge in [-0.25, -0.2) is 4.99 Å². The van der Waals surface area contributed by atoms with E-state index in [2.05, 4.69) is 37.3 Å². The molecule has 0 radical (unpaired) electrons. The highest BCUT2D eigenvalue weighted by atomic mass is 32.2. The van der Waals surface area contributed by atoms with E-state index >= 15 is 0 Å². The maximum Gasteiger partial charge on any atom is 0.144 e. The number of rotatable bonds is 3. The van der Waals surface area contributed by atoms with Crippen LogP contribution < -0.4 is 5.73 Å². The molecule has 0 saturated carbocycles. The van der Waals surface area contributed by atoms with Crippen molar-refractivity contribution in [1.82, 2.24) is 0 Å². The number of hydrogen-bond acceptors (Lipinski definition) is 3. The lowest BCUT2D eigenvalue weighted by Gasteiger charge is -2.14. The van der Waals surface area contributed by atoms with E-state index in [0.717, 1.165) is 5.04 Å². The molecular formula is C11H21N3S. The highest BCUT2D eigenvalue weighted by Crippen LogP contribution is 2.13. The quantitative estimate of drug-likeness (QED) is 0.595. The van der Waals surface area contributed by atoms with Gasteiger partial charge in [-0.1, -0.05) is 27.4 Å². The van der Waals surface area contributed by atoms with Gasteiger partial charge in [0.15, 0.2) is 0 Å². The topological polar surface area (TPSA) is 50.7 Å². The van der Waals surface area contributed by atoms with Crippen LogP contribution >= 0.6 is 11.8 Å². The Morgan fingerprint density at radius 1 is 1.40 bits per heavy atom. The van der Waals surface area contributed by atoms with Gasteiger partial charge in [-0.15, -0.1) is 11.8 Å². The van der Waals surface area contributed by atoms with Crippen LogP contribution in [0.5, 0.6) is 0 Å². The van der Waals surface area contributed by atoms with E-state index in [1.165, 1.54) is 0 Å². The first kappa shape index (κ1) is 14.2. The summed E-state index contributed by atoms with van der Waals surface area (Å²) in [4.78, 5) is 8.49. The van der Waals surface area contributed by atoms with Gasteiger partial charge in [-0.2, -0.15) is 0 Å². The molecule has 0 heterocycles. The third-order valence-electron chi connectivity index (χ3n) is 1.61. The van der Waals surface area contributed by atoms with E-state index in [9.17, 15) is 0 Å². The first-order valence-electron chi connectivity index (χ1n) is 4.85. The zero-order valence-corrected chi connectivity index (χ0v) is 11.1. The third kappa shape index (κ3) is 7.19. The standard InChI is InChI=1S/C11H21N3S/c1-8(14-9(2)15-6)10(12)13-7-11(3,4)5/h1,7H2,2-6H3,(H2,12,13). The van der Waals surface area contributed by atoms with Gasteiger partial charge in [0.25, 0.3) is 0 Å². The summed E-state index contributed by atoms with van der Waals surface area (Å²) >= 11 is 1.57. The van der Waals surface area contributed by atoms with Gasteiger partial charge < -0.3 is 5.73 Å². The smallest absolute Gasteiger partial charge is 0.144 e. The van der Waals surface area contributed by atoms with E-state index in [0.29, 0.717) is 18.1 Å². The summed E-state index contributed by atoms with van der Waals surface area (Å²) in [6, 6.07) is 0. The maximum absolute atomic E-state index is 5.76. The molecule has 0 bridgehead atoms. The van der Waals surface area contributed by atoms with Crippen LogP contribution in [0.3, 0.4) is 0 Å². The Hall–Kier alpha value is -0.770. The Morgan fingerprint density at radius 2 is 1.93 bits per heavy atom. The molecule has 4 heteroatoms. The van der Waals surface area contributed by atoms with E-state index in [-0.39, 0.29) is 5.41 Å². The van der Waals surface area contributed by atoms with Crippen LogP contribution in [0.4, 0.5) is 0 Å². The summed E-state index contributed by atoms with van der Waals surface area (Å²) in [5, 5.41) is 0.939. The van der Waals surface area contributed by atoms with Crippen molar-refractivity contribution in [3.8, 4) is 0 Å². The predicted molar refractivity (Wildman–Crippen MR) is 71.7 cm³/mol.